The molecule has 2 atom stereocenters. The monoisotopic (exact) mass is 178 g/mol. The highest BCUT2D eigenvalue weighted by molar-refractivity contribution is 7.99. The Hall–Kier alpha value is 0.640. The minimum Gasteiger partial charge on any atom is -0.157 e. The molecule has 1 aliphatic rings. The molecule has 10 heavy (non-hydrogen) atoms. The molecule has 0 bridgehead atoms. The Labute approximate surface area is 72.7 Å². The van der Waals surface area contributed by atoms with Gasteiger partial charge in [-0.2, -0.15) is 11.8 Å². The van der Waals surface area contributed by atoms with Gasteiger partial charge in [0, 0.05) is 10.6 Å². The van der Waals surface area contributed by atoms with Crippen LogP contribution in [-0.2, 0) is 0 Å². The maximum absolute atomic E-state index is 6.14. The predicted octanol–water partition coefficient (Wildman–Crippen LogP) is 3.29. The van der Waals surface area contributed by atoms with E-state index < -0.39 is 0 Å². The van der Waals surface area contributed by atoms with Gasteiger partial charge in [0.2, 0.25) is 0 Å². The summed E-state index contributed by atoms with van der Waals surface area (Å²) in [5, 5.41) is 1.21. The maximum Gasteiger partial charge on any atom is 0.0454 e. The van der Waals surface area contributed by atoms with Crippen molar-refractivity contribution in [3.8, 4) is 0 Å². The summed E-state index contributed by atoms with van der Waals surface area (Å²) in [5.41, 5.74) is 0. The fourth-order valence-corrected chi connectivity index (χ4v) is 3.06. The van der Waals surface area contributed by atoms with E-state index in [-0.39, 0.29) is 0 Å². The lowest BCUT2D eigenvalue weighted by molar-refractivity contribution is 0.523. The largest absolute Gasteiger partial charge is 0.157 e. The first-order valence-corrected chi connectivity index (χ1v) is 5.58. The molecule has 0 aromatic heterocycles. The van der Waals surface area contributed by atoms with Crippen LogP contribution in [0, 0.1) is 0 Å². The first-order valence-electron chi connectivity index (χ1n) is 4.10. The summed E-state index contributed by atoms with van der Waals surface area (Å²) in [4.78, 5) is 0. The number of halogens is 1. The standard InChI is InChI=1S/C8H15ClS/c1-2-10-8-6-4-3-5-7(8)9/h7-8H,2-6H2,1H3/t7-,8+/m0/s1. The van der Waals surface area contributed by atoms with Crippen LogP contribution in [-0.4, -0.2) is 16.4 Å². The van der Waals surface area contributed by atoms with Crippen LogP contribution in [0.5, 0.6) is 0 Å². The second-order valence-electron chi connectivity index (χ2n) is 2.79. The summed E-state index contributed by atoms with van der Waals surface area (Å²) in [7, 11) is 0. The Kier molecular flexibility index (Phi) is 3.93. The molecule has 0 nitrogen and oxygen atoms in total. The summed E-state index contributed by atoms with van der Waals surface area (Å²) in [6.07, 6.45) is 5.31. The van der Waals surface area contributed by atoms with E-state index in [2.05, 4.69) is 6.92 Å². The molecule has 0 aromatic rings. The first-order chi connectivity index (χ1) is 4.84. The molecule has 1 saturated carbocycles. The van der Waals surface area contributed by atoms with Crippen LogP contribution in [0.4, 0.5) is 0 Å². The molecular weight excluding hydrogens is 164 g/mol. The van der Waals surface area contributed by atoms with E-state index in [4.69, 9.17) is 11.6 Å². The molecule has 0 aliphatic heterocycles. The lowest BCUT2D eigenvalue weighted by Crippen LogP contribution is -2.22. The normalized spacial score (nSPS) is 34.2. The average Bonchev–Trinajstić information content (AvgIpc) is 1.94. The van der Waals surface area contributed by atoms with E-state index in [1.807, 2.05) is 11.8 Å². The van der Waals surface area contributed by atoms with Gasteiger partial charge in [0.1, 0.15) is 0 Å². The van der Waals surface area contributed by atoms with Crippen LogP contribution in [0.2, 0.25) is 0 Å². The topological polar surface area (TPSA) is 0 Å². The van der Waals surface area contributed by atoms with Gasteiger partial charge in [0.15, 0.2) is 0 Å². The van der Waals surface area contributed by atoms with Crippen LogP contribution in [0.1, 0.15) is 32.6 Å². The molecule has 60 valence electrons. The van der Waals surface area contributed by atoms with Crippen LogP contribution in [0.25, 0.3) is 0 Å². The number of thioether (sulfide) groups is 1. The molecule has 0 saturated heterocycles. The fourth-order valence-electron chi connectivity index (χ4n) is 1.45. The summed E-state index contributed by atoms with van der Waals surface area (Å²) in [5.74, 6) is 1.22. The van der Waals surface area contributed by atoms with Crippen LogP contribution < -0.4 is 0 Å². The van der Waals surface area contributed by atoms with E-state index in [1.165, 1.54) is 31.4 Å². The molecule has 2 heteroatoms. The molecular formula is C8H15ClS. The molecule has 1 fully saturated rings. The Morgan fingerprint density at radius 2 is 2.10 bits per heavy atom. The minimum absolute atomic E-state index is 0.457. The molecule has 0 unspecified atom stereocenters. The predicted molar refractivity (Wildman–Crippen MR) is 50.0 cm³/mol. The summed E-state index contributed by atoms with van der Waals surface area (Å²) >= 11 is 8.17. The van der Waals surface area contributed by atoms with Crippen molar-refractivity contribution in [2.45, 2.75) is 43.2 Å². The van der Waals surface area contributed by atoms with Crippen LogP contribution >= 0.6 is 23.4 Å². The van der Waals surface area contributed by atoms with Gasteiger partial charge in [-0.3, -0.25) is 0 Å². The van der Waals surface area contributed by atoms with Crippen molar-refractivity contribution >= 4 is 23.4 Å². The highest BCUT2D eigenvalue weighted by Gasteiger charge is 2.22. The van der Waals surface area contributed by atoms with Gasteiger partial charge in [-0.1, -0.05) is 19.8 Å². The SMILES string of the molecule is CCS[C@@H]1CCCC[C@@H]1Cl. The highest BCUT2D eigenvalue weighted by Crippen LogP contribution is 2.31. The Morgan fingerprint density at radius 3 is 2.70 bits per heavy atom. The number of hydrogen-bond donors (Lipinski definition) is 0. The van der Waals surface area contributed by atoms with E-state index >= 15 is 0 Å². The van der Waals surface area contributed by atoms with E-state index in [1.54, 1.807) is 0 Å². The minimum atomic E-state index is 0.457. The van der Waals surface area contributed by atoms with Crippen LogP contribution in [0.3, 0.4) is 0 Å². The average molecular weight is 179 g/mol. The van der Waals surface area contributed by atoms with Crippen molar-refractivity contribution < 1.29 is 0 Å². The van der Waals surface area contributed by atoms with Crippen molar-refractivity contribution in [3.05, 3.63) is 0 Å². The molecule has 1 rings (SSSR count). The maximum atomic E-state index is 6.14. The molecule has 0 amide bonds. The second-order valence-corrected chi connectivity index (χ2v) is 4.87. The molecule has 0 heterocycles. The van der Waals surface area contributed by atoms with Gasteiger partial charge in [0.25, 0.3) is 0 Å². The number of hydrogen-bond acceptors (Lipinski definition) is 1. The van der Waals surface area contributed by atoms with Crippen molar-refractivity contribution in [2.75, 3.05) is 5.75 Å². The fraction of sp³-hybridized carbons (Fsp3) is 1.00. The Balaban J connectivity index is 2.25. The third-order valence-corrected chi connectivity index (χ3v) is 4.00. The van der Waals surface area contributed by atoms with Crippen molar-refractivity contribution in [1.29, 1.82) is 0 Å². The van der Waals surface area contributed by atoms with E-state index in [9.17, 15) is 0 Å². The van der Waals surface area contributed by atoms with Gasteiger partial charge in [-0.05, 0) is 18.6 Å². The van der Waals surface area contributed by atoms with Crippen molar-refractivity contribution in [2.24, 2.45) is 0 Å². The molecule has 0 spiro atoms. The first kappa shape index (κ1) is 8.73. The van der Waals surface area contributed by atoms with E-state index in [0.717, 1.165) is 5.25 Å². The van der Waals surface area contributed by atoms with Gasteiger partial charge in [0.05, 0.1) is 0 Å². The lowest BCUT2D eigenvalue weighted by Gasteiger charge is -2.25. The Morgan fingerprint density at radius 1 is 1.40 bits per heavy atom. The highest BCUT2D eigenvalue weighted by atomic mass is 35.5. The zero-order valence-electron chi connectivity index (χ0n) is 6.48. The number of alkyl halides is 1. The molecule has 1 aliphatic carbocycles. The lowest BCUT2D eigenvalue weighted by atomic mass is 10.00. The smallest absolute Gasteiger partial charge is 0.0454 e. The third kappa shape index (κ3) is 2.35. The van der Waals surface area contributed by atoms with Crippen molar-refractivity contribution in [1.82, 2.24) is 0 Å². The van der Waals surface area contributed by atoms with Crippen molar-refractivity contribution in [3.63, 3.8) is 0 Å². The molecule has 0 aromatic carbocycles. The zero-order valence-corrected chi connectivity index (χ0v) is 8.05. The third-order valence-electron chi connectivity index (χ3n) is 2.00. The second kappa shape index (κ2) is 4.50. The molecule has 0 N–H and O–H groups in total. The van der Waals surface area contributed by atoms with E-state index in [0.29, 0.717) is 5.38 Å². The van der Waals surface area contributed by atoms with Crippen LogP contribution in [0.15, 0.2) is 0 Å². The molecule has 0 radical (unpaired) electrons. The summed E-state index contributed by atoms with van der Waals surface area (Å²) in [6, 6.07) is 0. The van der Waals surface area contributed by atoms with Gasteiger partial charge in [-0.25, -0.2) is 0 Å². The summed E-state index contributed by atoms with van der Waals surface area (Å²) in [6.45, 7) is 2.21. The quantitative estimate of drug-likeness (QED) is 0.585. The number of rotatable bonds is 2. The van der Waals surface area contributed by atoms with Gasteiger partial charge in [-0.15, -0.1) is 11.6 Å². The van der Waals surface area contributed by atoms with Gasteiger partial charge >= 0.3 is 0 Å². The summed E-state index contributed by atoms with van der Waals surface area (Å²) < 4.78 is 0. The van der Waals surface area contributed by atoms with Gasteiger partial charge < -0.3 is 0 Å². The zero-order chi connectivity index (χ0) is 7.40. The Bertz CT molecular complexity index is 93.3.